The van der Waals surface area contributed by atoms with E-state index < -0.39 is 0 Å². The van der Waals surface area contributed by atoms with E-state index >= 15 is 0 Å². The Balaban J connectivity index is 2.25. The van der Waals surface area contributed by atoms with E-state index in [1.165, 1.54) is 0 Å². The molecule has 1 atom stereocenters. The van der Waals surface area contributed by atoms with E-state index in [1.54, 1.807) is 6.20 Å². The highest BCUT2D eigenvalue weighted by atomic mass is 16.5. The molecule has 0 unspecified atom stereocenters. The van der Waals surface area contributed by atoms with Gasteiger partial charge in [-0.1, -0.05) is 32.0 Å². The number of hydrogen-bond acceptors (Lipinski definition) is 5. The lowest BCUT2D eigenvalue weighted by atomic mass is 10.0. The molecule has 5 heteroatoms. The summed E-state index contributed by atoms with van der Waals surface area (Å²) in [5, 5.41) is 3.99. The molecular weight excluding hydrogens is 240 g/mol. The minimum absolute atomic E-state index is 0.213. The van der Waals surface area contributed by atoms with Crippen molar-refractivity contribution in [1.82, 2.24) is 15.1 Å². The van der Waals surface area contributed by atoms with Crippen molar-refractivity contribution in [2.75, 3.05) is 0 Å². The molecule has 0 aliphatic carbocycles. The van der Waals surface area contributed by atoms with Gasteiger partial charge in [-0.05, 0) is 30.4 Å². The van der Waals surface area contributed by atoms with E-state index in [-0.39, 0.29) is 6.04 Å². The summed E-state index contributed by atoms with van der Waals surface area (Å²) in [6.07, 6.45) is 3.44. The van der Waals surface area contributed by atoms with Gasteiger partial charge >= 0.3 is 0 Å². The van der Waals surface area contributed by atoms with E-state index in [1.807, 2.05) is 12.1 Å². The number of pyridine rings is 1. The average molecular weight is 260 g/mol. The van der Waals surface area contributed by atoms with Gasteiger partial charge in [-0.15, -0.1) is 0 Å². The van der Waals surface area contributed by atoms with Crippen LogP contribution in [0.15, 0.2) is 22.9 Å². The van der Waals surface area contributed by atoms with Gasteiger partial charge in [-0.25, -0.2) is 0 Å². The molecule has 2 rings (SSSR count). The lowest BCUT2D eigenvalue weighted by Crippen LogP contribution is -2.13. The van der Waals surface area contributed by atoms with E-state index in [0.717, 1.165) is 24.1 Å². The number of aromatic nitrogens is 3. The molecule has 0 amide bonds. The second-order valence-corrected chi connectivity index (χ2v) is 5.06. The molecule has 0 saturated carbocycles. The molecule has 5 nitrogen and oxygen atoms in total. The second-order valence-electron chi connectivity index (χ2n) is 5.06. The fraction of sp³-hybridized carbons (Fsp3) is 0.500. The van der Waals surface area contributed by atoms with Crippen LogP contribution in [0.25, 0.3) is 11.5 Å². The molecule has 2 aromatic heterocycles. The molecule has 2 heterocycles. The van der Waals surface area contributed by atoms with E-state index in [4.69, 9.17) is 10.3 Å². The summed E-state index contributed by atoms with van der Waals surface area (Å²) in [4.78, 5) is 8.70. The predicted molar refractivity (Wildman–Crippen MR) is 73.3 cm³/mol. The van der Waals surface area contributed by atoms with Crippen LogP contribution in [0.3, 0.4) is 0 Å². The maximum atomic E-state index is 6.04. The van der Waals surface area contributed by atoms with E-state index in [0.29, 0.717) is 17.6 Å². The maximum absolute atomic E-state index is 6.04. The van der Waals surface area contributed by atoms with Gasteiger partial charge in [0.15, 0.2) is 0 Å². The Bertz CT molecular complexity index is 536. The molecule has 0 aliphatic rings. The molecule has 0 fully saturated rings. The molecule has 19 heavy (non-hydrogen) atoms. The van der Waals surface area contributed by atoms with Gasteiger partial charge in [0.2, 0.25) is 11.7 Å². The highest BCUT2D eigenvalue weighted by Gasteiger charge is 2.18. The molecule has 102 valence electrons. The third kappa shape index (κ3) is 3.17. The summed E-state index contributed by atoms with van der Waals surface area (Å²) in [6, 6.07) is 3.72. The molecule has 0 spiro atoms. The first-order chi connectivity index (χ1) is 9.11. The van der Waals surface area contributed by atoms with Gasteiger partial charge in [0, 0.05) is 6.20 Å². The number of hydrogen-bond donors (Lipinski definition) is 1. The van der Waals surface area contributed by atoms with E-state index in [9.17, 15) is 0 Å². The molecule has 2 aromatic rings. The van der Waals surface area contributed by atoms with Crippen LogP contribution in [0, 0.1) is 5.92 Å². The van der Waals surface area contributed by atoms with Gasteiger partial charge in [0.25, 0.3) is 0 Å². The van der Waals surface area contributed by atoms with Gasteiger partial charge in [0.1, 0.15) is 5.69 Å². The summed E-state index contributed by atoms with van der Waals surface area (Å²) in [6.45, 7) is 6.31. The van der Waals surface area contributed by atoms with Crippen molar-refractivity contribution in [3.05, 3.63) is 29.8 Å². The fourth-order valence-corrected chi connectivity index (χ4v) is 2.02. The molecule has 0 aliphatic heterocycles. The highest BCUT2D eigenvalue weighted by Crippen LogP contribution is 2.22. The predicted octanol–water partition coefficient (Wildman–Crippen LogP) is 2.74. The Morgan fingerprint density at radius 3 is 2.84 bits per heavy atom. The van der Waals surface area contributed by atoms with Crippen LogP contribution in [0.1, 0.15) is 44.7 Å². The second kappa shape index (κ2) is 5.93. The molecular formula is C14H20N4O. The summed E-state index contributed by atoms with van der Waals surface area (Å²) >= 11 is 0. The lowest BCUT2D eigenvalue weighted by Gasteiger charge is -2.08. The number of aryl methyl sites for hydroxylation is 1. The van der Waals surface area contributed by atoms with Crippen molar-refractivity contribution < 1.29 is 4.52 Å². The van der Waals surface area contributed by atoms with Crippen LogP contribution in [0.4, 0.5) is 0 Å². The van der Waals surface area contributed by atoms with Crippen LogP contribution in [0.5, 0.6) is 0 Å². The fourth-order valence-electron chi connectivity index (χ4n) is 2.02. The van der Waals surface area contributed by atoms with Gasteiger partial charge < -0.3 is 10.3 Å². The molecule has 0 aromatic carbocycles. The highest BCUT2D eigenvalue weighted by molar-refractivity contribution is 5.53. The van der Waals surface area contributed by atoms with E-state index in [2.05, 4.69) is 35.9 Å². The SMILES string of the molecule is CCc1cccnc1-c1noc([C@@H](N)CC(C)C)n1. The number of nitrogens with zero attached hydrogens (tertiary/aromatic N) is 3. The number of nitrogens with two attached hydrogens (primary N) is 1. The van der Waals surface area contributed by atoms with Crippen LogP contribution >= 0.6 is 0 Å². The summed E-state index contributed by atoms with van der Waals surface area (Å²) in [5.41, 5.74) is 7.92. The Kier molecular flexibility index (Phi) is 4.27. The molecule has 0 bridgehead atoms. The third-order valence-corrected chi connectivity index (χ3v) is 2.97. The van der Waals surface area contributed by atoms with Crippen LogP contribution in [0.2, 0.25) is 0 Å². The summed E-state index contributed by atoms with van der Waals surface area (Å²) < 4.78 is 5.26. The van der Waals surface area contributed by atoms with Gasteiger partial charge in [0.05, 0.1) is 6.04 Å². The van der Waals surface area contributed by atoms with Gasteiger partial charge in [-0.3, -0.25) is 4.98 Å². The van der Waals surface area contributed by atoms with Crippen molar-refractivity contribution >= 4 is 0 Å². The first-order valence-corrected chi connectivity index (χ1v) is 6.65. The smallest absolute Gasteiger partial charge is 0.243 e. The summed E-state index contributed by atoms with van der Waals surface area (Å²) in [5.74, 6) is 1.49. The zero-order chi connectivity index (χ0) is 13.8. The Hall–Kier alpha value is -1.75. The average Bonchev–Trinajstić information content (AvgIpc) is 2.87. The normalized spacial score (nSPS) is 12.9. The minimum Gasteiger partial charge on any atom is -0.337 e. The van der Waals surface area contributed by atoms with Crippen molar-refractivity contribution in [2.45, 2.75) is 39.7 Å². The minimum atomic E-state index is -0.213. The Morgan fingerprint density at radius 2 is 2.16 bits per heavy atom. The molecule has 0 radical (unpaired) electrons. The topological polar surface area (TPSA) is 77.8 Å². The Labute approximate surface area is 113 Å². The van der Waals surface area contributed by atoms with Gasteiger partial charge in [-0.2, -0.15) is 4.98 Å². The maximum Gasteiger partial charge on any atom is 0.243 e. The Morgan fingerprint density at radius 1 is 1.37 bits per heavy atom. The largest absolute Gasteiger partial charge is 0.337 e. The zero-order valence-electron chi connectivity index (χ0n) is 11.6. The van der Waals surface area contributed by atoms with Crippen molar-refractivity contribution in [1.29, 1.82) is 0 Å². The van der Waals surface area contributed by atoms with Crippen molar-refractivity contribution in [3.8, 4) is 11.5 Å². The zero-order valence-corrected chi connectivity index (χ0v) is 11.6. The van der Waals surface area contributed by atoms with Crippen LogP contribution in [-0.4, -0.2) is 15.1 Å². The molecule has 2 N–H and O–H groups in total. The summed E-state index contributed by atoms with van der Waals surface area (Å²) in [7, 11) is 0. The molecule has 0 saturated heterocycles. The van der Waals surface area contributed by atoms with Crippen LogP contribution < -0.4 is 5.73 Å². The lowest BCUT2D eigenvalue weighted by molar-refractivity contribution is 0.335. The van der Waals surface area contributed by atoms with Crippen molar-refractivity contribution in [2.24, 2.45) is 11.7 Å². The third-order valence-electron chi connectivity index (χ3n) is 2.97. The first-order valence-electron chi connectivity index (χ1n) is 6.65. The monoisotopic (exact) mass is 260 g/mol. The van der Waals surface area contributed by atoms with Crippen molar-refractivity contribution in [3.63, 3.8) is 0 Å². The first kappa shape index (κ1) is 13.7. The standard InChI is InChI=1S/C14H20N4O/c1-4-10-6-5-7-16-12(10)13-17-14(19-18-13)11(15)8-9(2)3/h5-7,9,11H,4,8,15H2,1-3H3/t11-/m0/s1. The number of rotatable bonds is 5. The quantitative estimate of drug-likeness (QED) is 0.894. The van der Waals surface area contributed by atoms with Crippen LogP contribution in [-0.2, 0) is 6.42 Å².